The molecule has 0 bridgehead atoms. The molecule has 2 saturated carbocycles. The highest BCUT2D eigenvalue weighted by molar-refractivity contribution is 7.99. The highest BCUT2D eigenvalue weighted by atomic mass is 32.2. The molecule has 3 rings (SSSR count). The van der Waals surface area contributed by atoms with E-state index in [0.29, 0.717) is 23.8 Å². The van der Waals surface area contributed by atoms with E-state index in [4.69, 9.17) is 0 Å². The first-order chi connectivity index (χ1) is 10.2. The van der Waals surface area contributed by atoms with E-state index < -0.39 is 0 Å². The fraction of sp³-hybridized carbons (Fsp3) is 0.800. The summed E-state index contributed by atoms with van der Waals surface area (Å²) in [7, 11) is 0. The zero-order valence-corrected chi connectivity index (χ0v) is 13.7. The van der Waals surface area contributed by atoms with Crippen molar-refractivity contribution in [3.8, 4) is 0 Å². The molecule has 2 fully saturated rings. The number of hydrogen-bond acceptors (Lipinski definition) is 4. The number of rotatable bonds is 8. The summed E-state index contributed by atoms with van der Waals surface area (Å²) < 4.78 is 2.30. The predicted octanol–water partition coefficient (Wildman–Crippen LogP) is 2.89. The lowest BCUT2D eigenvalue weighted by atomic mass is 10.2. The lowest BCUT2D eigenvalue weighted by molar-refractivity contribution is -0.119. The highest BCUT2D eigenvalue weighted by Crippen LogP contribution is 2.45. The van der Waals surface area contributed by atoms with Crippen molar-refractivity contribution in [1.29, 1.82) is 0 Å². The monoisotopic (exact) mass is 308 g/mol. The van der Waals surface area contributed by atoms with Crippen molar-refractivity contribution >= 4 is 17.7 Å². The van der Waals surface area contributed by atoms with E-state index in [1.54, 1.807) is 0 Å². The molecule has 116 valence electrons. The molecule has 0 atom stereocenters. The molecule has 1 aromatic heterocycles. The Bertz CT molecular complexity index is 504. The molecular formula is C15H24N4OS. The summed E-state index contributed by atoms with van der Waals surface area (Å²) in [5, 5.41) is 12.7. The number of carbonyl (C=O) groups excluding carboxylic acids is 1. The first-order valence-corrected chi connectivity index (χ1v) is 9.08. The first-order valence-electron chi connectivity index (χ1n) is 8.09. The predicted molar refractivity (Wildman–Crippen MR) is 83.5 cm³/mol. The number of carbonyl (C=O) groups is 1. The lowest BCUT2D eigenvalue weighted by Gasteiger charge is -2.14. The van der Waals surface area contributed by atoms with Crippen LogP contribution in [0.25, 0.3) is 0 Å². The van der Waals surface area contributed by atoms with Crippen molar-refractivity contribution in [2.75, 3.05) is 5.75 Å². The third-order valence-corrected chi connectivity index (χ3v) is 5.17. The van der Waals surface area contributed by atoms with E-state index in [2.05, 4.69) is 33.9 Å². The van der Waals surface area contributed by atoms with Crippen LogP contribution in [0.15, 0.2) is 5.16 Å². The molecule has 1 amide bonds. The summed E-state index contributed by atoms with van der Waals surface area (Å²) in [4.78, 5) is 12.0. The third-order valence-electron chi connectivity index (χ3n) is 4.23. The number of thioether (sulfide) groups is 1. The Labute approximate surface area is 130 Å². The maximum absolute atomic E-state index is 12.0. The minimum atomic E-state index is 0.104. The Hall–Kier alpha value is -1.04. The van der Waals surface area contributed by atoms with Gasteiger partial charge in [0.15, 0.2) is 5.16 Å². The van der Waals surface area contributed by atoms with Gasteiger partial charge in [0, 0.05) is 18.0 Å². The second kappa shape index (κ2) is 6.38. The van der Waals surface area contributed by atoms with Gasteiger partial charge in [0.2, 0.25) is 5.91 Å². The van der Waals surface area contributed by atoms with E-state index in [-0.39, 0.29) is 5.91 Å². The summed E-state index contributed by atoms with van der Waals surface area (Å²) in [5.41, 5.74) is 0. The number of nitrogens with one attached hydrogen (secondary N) is 1. The van der Waals surface area contributed by atoms with Crippen molar-refractivity contribution in [3.63, 3.8) is 0 Å². The molecule has 0 aliphatic heterocycles. The number of amides is 1. The minimum absolute atomic E-state index is 0.104. The first kappa shape index (κ1) is 14.9. The molecule has 2 aliphatic carbocycles. The van der Waals surface area contributed by atoms with Gasteiger partial charge in [-0.05, 0) is 38.5 Å². The third kappa shape index (κ3) is 3.59. The molecule has 6 heteroatoms. The van der Waals surface area contributed by atoms with Crippen LogP contribution in [-0.2, 0) is 4.79 Å². The van der Waals surface area contributed by atoms with Gasteiger partial charge in [0.05, 0.1) is 5.75 Å². The quantitative estimate of drug-likeness (QED) is 0.750. The van der Waals surface area contributed by atoms with Crippen LogP contribution >= 0.6 is 11.8 Å². The van der Waals surface area contributed by atoms with Gasteiger partial charge >= 0.3 is 0 Å². The van der Waals surface area contributed by atoms with Crippen molar-refractivity contribution in [2.24, 2.45) is 0 Å². The molecule has 1 aromatic rings. The Kier molecular flexibility index (Phi) is 4.52. The minimum Gasteiger partial charge on any atom is -0.353 e. The Morgan fingerprint density at radius 1 is 1.29 bits per heavy atom. The molecule has 0 radical (unpaired) electrons. The van der Waals surface area contributed by atoms with E-state index in [9.17, 15) is 4.79 Å². The Morgan fingerprint density at radius 3 is 2.57 bits per heavy atom. The van der Waals surface area contributed by atoms with Crippen molar-refractivity contribution in [1.82, 2.24) is 20.1 Å². The molecular weight excluding hydrogens is 284 g/mol. The van der Waals surface area contributed by atoms with E-state index in [1.807, 2.05) is 0 Å². The number of nitrogens with zero attached hydrogens (tertiary/aromatic N) is 3. The fourth-order valence-corrected chi connectivity index (χ4v) is 3.40. The van der Waals surface area contributed by atoms with Gasteiger partial charge in [-0.25, -0.2) is 0 Å². The zero-order chi connectivity index (χ0) is 14.8. The molecule has 5 nitrogen and oxygen atoms in total. The van der Waals surface area contributed by atoms with Crippen molar-refractivity contribution < 1.29 is 4.79 Å². The summed E-state index contributed by atoms with van der Waals surface area (Å²) >= 11 is 1.53. The van der Waals surface area contributed by atoms with Crippen molar-refractivity contribution in [2.45, 2.75) is 75.5 Å². The van der Waals surface area contributed by atoms with Crippen LogP contribution in [-0.4, -0.2) is 32.5 Å². The smallest absolute Gasteiger partial charge is 0.230 e. The average molecular weight is 308 g/mol. The summed E-state index contributed by atoms with van der Waals surface area (Å²) in [6.07, 6.45) is 6.90. The number of hydrogen-bond donors (Lipinski definition) is 1. The number of aromatic nitrogens is 3. The van der Waals surface area contributed by atoms with Crippen LogP contribution in [0.4, 0.5) is 0 Å². The van der Waals surface area contributed by atoms with Crippen LogP contribution < -0.4 is 5.32 Å². The lowest BCUT2D eigenvalue weighted by Crippen LogP contribution is -2.35. The molecule has 1 heterocycles. The maximum atomic E-state index is 12.0. The Morgan fingerprint density at radius 2 is 2.00 bits per heavy atom. The topological polar surface area (TPSA) is 59.8 Å². The average Bonchev–Trinajstić information content (AvgIpc) is 3.41. The van der Waals surface area contributed by atoms with Gasteiger partial charge in [0.1, 0.15) is 5.82 Å². The van der Waals surface area contributed by atoms with Crippen LogP contribution in [0.3, 0.4) is 0 Å². The Balaban J connectivity index is 1.59. The van der Waals surface area contributed by atoms with E-state index in [0.717, 1.165) is 23.8 Å². The standard InChI is InChI=1S/C15H24N4OS/c1-3-11(4-2)16-13(20)9-21-15-18-17-14(10-5-6-10)19(15)12-7-8-12/h10-12H,3-9H2,1-2H3,(H,16,20). The van der Waals surface area contributed by atoms with Crippen LogP contribution in [0.5, 0.6) is 0 Å². The van der Waals surface area contributed by atoms with Crippen LogP contribution in [0, 0.1) is 0 Å². The summed E-state index contributed by atoms with van der Waals surface area (Å²) in [5.74, 6) is 2.31. The second-order valence-corrected chi connectivity index (χ2v) is 7.03. The van der Waals surface area contributed by atoms with Crippen LogP contribution in [0.2, 0.25) is 0 Å². The van der Waals surface area contributed by atoms with Gasteiger partial charge in [-0.1, -0.05) is 25.6 Å². The molecule has 0 saturated heterocycles. The second-order valence-electron chi connectivity index (χ2n) is 6.09. The van der Waals surface area contributed by atoms with Crippen molar-refractivity contribution in [3.05, 3.63) is 5.82 Å². The largest absolute Gasteiger partial charge is 0.353 e. The van der Waals surface area contributed by atoms with Gasteiger partial charge in [-0.3, -0.25) is 4.79 Å². The highest BCUT2D eigenvalue weighted by Gasteiger charge is 2.36. The fourth-order valence-electron chi connectivity index (χ4n) is 2.57. The van der Waals surface area contributed by atoms with Gasteiger partial charge in [0.25, 0.3) is 0 Å². The van der Waals surface area contributed by atoms with E-state index >= 15 is 0 Å². The summed E-state index contributed by atoms with van der Waals surface area (Å²) in [6, 6.07) is 0.877. The molecule has 21 heavy (non-hydrogen) atoms. The molecule has 1 N–H and O–H groups in total. The normalized spacial score (nSPS) is 18.2. The summed E-state index contributed by atoms with van der Waals surface area (Å²) in [6.45, 7) is 4.21. The van der Waals surface area contributed by atoms with E-state index in [1.165, 1.54) is 37.4 Å². The van der Waals surface area contributed by atoms with Gasteiger partial charge < -0.3 is 9.88 Å². The molecule has 0 spiro atoms. The van der Waals surface area contributed by atoms with Gasteiger partial charge in [-0.15, -0.1) is 10.2 Å². The zero-order valence-electron chi connectivity index (χ0n) is 12.8. The SMILES string of the molecule is CCC(CC)NC(=O)CSc1nnc(C2CC2)n1C1CC1. The molecule has 0 aromatic carbocycles. The maximum Gasteiger partial charge on any atom is 0.230 e. The molecule has 2 aliphatic rings. The van der Waals surface area contributed by atoms with Crippen LogP contribution in [0.1, 0.15) is 70.2 Å². The molecule has 0 unspecified atom stereocenters. The van der Waals surface area contributed by atoms with Gasteiger partial charge in [-0.2, -0.15) is 0 Å².